The van der Waals surface area contributed by atoms with Gasteiger partial charge in [0.05, 0.1) is 5.69 Å². The molecule has 2 aromatic heterocycles. The fourth-order valence-corrected chi connectivity index (χ4v) is 2.79. The summed E-state index contributed by atoms with van der Waals surface area (Å²) in [7, 11) is 0. The van der Waals surface area contributed by atoms with Crippen molar-refractivity contribution >= 4 is 27.5 Å². The van der Waals surface area contributed by atoms with E-state index in [0.29, 0.717) is 16.2 Å². The van der Waals surface area contributed by atoms with Gasteiger partial charge in [0.2, 0.25) is 0 Å². The molecule has 1 saturated heterocycles. The van der Waals surface area contributed by atoms with Crippen molar-refractivity contribution in [2.75, 3.05) is 13.2 Å². The highest BCUT2D eigenvalue weighted by Gasteiger charge is 2.21. The molecule has 2 aromatic rings. The average molecular weight is 326 g/mol. The van der Waals surface area contributed by atoms with Crippen molar-refractivity contribution in [2.24, 2.45) is 0 Å². The Balaban J connectivity index is 2.04. The van der Waals surface area contributed by atoms with Crippen molar-refractivity contribution in [3.8, 4) is 0 Å². The van der Waals surface area contributed by atoms with Gasteiger partial charge in [-0.25, -0.2) is 14.3 Å². The normalized spacial score (nSPS) is 16.9. The summed E-state index contributed by atoms with van der Waals surface area (Å²) in [6, 6.07) is 3.71. The second kappa shape index (κ2) is 4.90. The van der Waals surface area contributed by atoms with Gasteiger partial charge in [-0.2, -0.15) is 5.10 Å². The molecule has 3 heterocycles. The van der Waals surface area contributed by atoms with Crippen molar-refractivity contribution in [1.29, 1.82) is 0 Å². The molecule has 1 aliphatic rings. The van der Waals surface area contributed by atoms with E-state index >= 15 is 0 Å². The van der Waals surface area contributed by atoms with Gasteiger partial charge >= 0.3 is 5.97 Å². The Labute approximate surface area is 117 Å². The summed E-state index contributed by atoms with van der Waals surface area (Å²) in [4.78, 5) is 15.1. The number of aromatic nitrogens is 3. The van der Waals surface area contributed by atoms with E-state index < -0.39 is 5.97 Å². The van der Waals surface area contributed by atoms with Gasteiger partial charge in [-0.15, -0.1) is 0 Å². The number of ether oxygens (including phenoxy) is 1. The molecule has 100 valence electrons. The number of carboxylic acid groups (broad SMARTS) is 1. The molecule has 0 amide bonds. The topological polar surface area (TPSA) is 76.7 Å². The minimum absolute atomic E-state index is 0.0170. The molecule has 1 N–H and O–H groups in total. The fraction of sp³-hybridized carbons (Fsp3) is 0.417. The van der Waals surface area contributed by atoms with E-state index in [2.05, 4.69) is 26.0 Å². The first-order valence-corrected chi connectivity index (χ1v) is 6.82. The number of fused-ring (bicyclic) bond motifs is 1. The van der Waals surface area contributed by atoms with Gasteiger partial charge < -0.3 is 9.84 Å². The van der Waals surface area contributed by atoms with Crippen LogP contribution in [0.25, 0.3) is 5.65 Å². The Hall–Kier alpha value is -1.47. The number of carboxylic acids is 1. The summed E-state index contributed by atoms with van der Waals surface area (Å²) in [5.74, 6) is -0.703. The molecule has 0 spiro atoms. The van der Waals surface area contributed by atoms with Crippen LogP contribution in [0.5, 0.6) is 0 Å². The first kappa shape index (κ1) is 12.6. The summed E-state index contributed by atoms with van der Waals surface area (Å²) in [6.45, 7) is 1.49. The molecule has 0 atom stereocenters. The number of rotatable bonds is 2. The Morgan fingerprint density at radius 3 is 2.84 bits per heavy atom. The third kappa shape index (κ3) is 2.23. The van der Waals surface area contributed by atoms with Crippen LogP contribution in [0.15, 0.2) is 16.7 Å². The van der Waals surface area contributed by atoms with E-state index in [0.717, 1.165) is 31.7 Å². The number of hydrogen-bond acceptors (Lipinski definition) is 4. The lowest BCUT2D eigenvalue weighted by molar-refractivity contribution is 0.0690. The SMILES string of the molecule is O=C(O)c1nc2ccc(C3CCOCC3)nn2c1Br. The van der Waals surface area contributed by atoms with Crippen LogP contribution in [0, 0.1) is 0 Å². The summed E-state index contributed by atoms with van der Waals surface area (Å²) >= 11 is 3.24. The highest BCUT2D eigenvalue weighted by molar-refractivity contribution is 9.10. The van der Waals surface area contributed by atoms with Crippen LogP contribution in [-0.2, 0) is 4.74 Å². The molecule has 0 aromatic carbocycles. The van der Waals surface area contributed by atoms with Crippen LogP contribution in [-0.4, -0.2) is 38.9 Å². The first-order chi connectivity index (χ1) is 9.16. The lowest BCUT2D eigenvalue weighted by Gasteiger charge is -2.21. The van der Waals surface area contributed by atoms with Crippen LogP contribution < -0.4 is 0 Å². The third-order valence-electron chi connectivity index (χ3n) is 3.29. The maximum atomic E-state index is 11.0. The molecule has 1 aliphatic heterocycles. The molecule has 0 radical (unpaired) electrons. The van der Waals surface area contributed by atoms with Gasteiger partial charge in [0.15, 0.2) is 11.3 Å². The largest absolute Gasteiger partial charge is 0.476 e. The molecule has 0 unspecified atom stereocenters. The van der Waals surface area contributed by atoms with Crippen molar-refractivity contribution < 1.29 is 14.6 Å². The Bertz CT molecular complexity index is 634. The zero-order valence-corrected chi connectivity index (χ0v) is 11.6. The van der Waals surface area contributed by atoms with Crippen molar-refractivity contribution in [2.45, 2.75) is 18.8 Å². The van der Waals surface area contributed by atoms with Gasteiger partial charge in [-0.05, 0) is 40.9 Å². The zero-order chi connectivity index (χ0) is 13.4. The molecule has 0 aliphatic carbocycles. The van der Waals surface area contributed by atoms with Crippen LogP contribution in [0.3, 0.4) is 0 Å². The standard InChI is InChI=1S/C12H12BrN3O3/c13-11-10(12(17)18)14-9-2-1-8(15-16(9)11)7-3-5-19-6-4-7/h1-2,7H,3-6H2,(H,17,18). The van der Waals surface area contributed by atoms with Gasteiger partial charge in [0.25, 0.3) is 0 Å². The predicted octanol–water partition coefficient (Wildman–Crippen LogP) is 2.08. The van der Waals surface area contributed by atoms with Crippen molar-refractivity contribution in [1.82, 2.24) is 14.6 Å². The summed E-state index contributed by atoms with van der Waals surface area (Å²) < 4.78 is 7.25. The molecular weight excluding hydrogens is 314 g/mol. The summed E-state index contributed by atoms with van der Waals surface area (Å²) in [6.07, 6.45) is 1.88. The Morgan fingerprint density at radius 1 is 1.42 bits per heavy atom. The second-order valence-electron chi connectivity index (χ2n) is 4.47. The maximum absolute atomic E-state index is 11.0. The number of halogens is 1. The molecular formula is C12H12BrN3O3. The first-order valence-electron chi connectivity index (χ1n) is 6.03. The lowest BCUT2D eigenvalue weighted by Crippen LogP contribution is -2.16. The fourth-order valence-electron chi connectivity index (χ4n) is 2.27. The van der Waals surface area contributed by atoms with E-state index in [-0.39, 0.29) is 5.69 Å². The second-order valence-corrected chi connectivity index (χ2v) is 5.22. The van der Waals surface area contributed by atoms with Crippen LogP contribution >= 0.6 is 15.9 Å². The monoisotopic (exact) mass is 325 g/mol. The molecule has 0 saturated carbocycles. The van der Waals surface area contributed by atoms with Gasteiger partial charge in [-0.1, -0.05) is 0 Å². The van der Waals surface area contributed by atoms with E-state index in [1.165, 1.54) is 4.52 Å². The van der Waals surface area contributed by atoms with Crippen LogP contribution in [0.2, 0.25) is 0 Å². The highest BCUT2D eigenvalue weighted by atomic mass is 79.9. The lowest BCUT2D eigenvalue weighted by atomic mass is 9.96. The predicted molar refractivity (Wildman–Crippen MR) is 70.4 cm³/mol. The molecule has 7 heteroatoms. The minimum Gasteiger partial charge on any atom is -0.476 e. The van der Waals surface area contributed by atoms with Gasteiger partial charge in [-0.3, -0.25) is 0 Å². The van der Waals surface area contributed by atoms with Crippen LogP contribution in [0.4, 0.5) is 0 Å². The molecule has 1 fully saturated rings. The summed E-state index contributed by atoms with van der Waals surface area (Å²) in [5.41, 5.74) is 1.46. The number of imidazole rings is 1. The number of aromatic carboxylic acids is 1. The van der Waals surface area contributed by atoms with E-state index in [1.54, 1.807) is 6.07 Å². The average Bonchev–Trinajstić information content (AvgIpc) is 2.77. The quantitative estimate of drug-likeness (QED) is 0.914. The minimum atomic E-state index is -1.06. The smallest absolute Gasteiger partial charge is 0.357 e. The molecule has 0 bridgehead atoms. The number of carbonyl (C=O) groups is 1. The number of nitrogens with zero attached hydrogens (tertiary/aromatic N) is 3. The van der Waals surface area contributed by atoms with Crippen molar-refractivity contribution in [3.05, 3.63) is 28.1 Å². The zero-order valence-electron chi connectivity index (χ0n) is 10.0. The molecule has 3 rings (SSSR count). The van der Waals surface area contributed by atoms with Gasteiger partial charge in [0, 0.05) is 19.1 Å². The Kier molecular flexibility index (Phi) is 3.24. The Morgan fingerprint density at radius 2 is 2.16 bits per heavy atom. The maximum Gasteiger partial charge on any atom is 0.357 e. The molecule has 6 nitrogen and oxygen atoms in total. The van der Waals surface area contributed by atoms with Gasteiger partial charge in [0.1, 0.15) is 4.60 Å². The highest BCUT2D eigenvalue weighted by Crippen LogP contribution is 2.26. The van der Waals surface area contributed by atoms with Crippen LogP contribution in [0.1, 0.15) is 34.9 Å². The third-order valence-corrected chi connectivity index (χ3v) is 4.00. The summed E-state index contributed by atoms with van der Waals surface area (Å²) in [5, 5.41) is 13.5. The van der Waals surface area contributed by atoms with E-state index in [1.807, 2.05) is 6.07 Å². The van der Waals surface area contributed by atoms with E-state index in [4.69, 9.17) is 9.84 Å². The number of hydrogen-bond donors (Lipinski definition) is 1. The van der Waals surface area contributed by atoms with E-state index in [9.17, 15) is 4.79 Å². The molecule has 19 heavy (non-hydrogen) atoms. The van der Waals surface area contributed by atoms with Crippen molar-refractivity contribution in [3.63, 3.8) is 0 Å².